The van der Waals surface area contributed by atoms with E-state index < -0.39 is 0 Å². The molecule has 5 aliphatic rings. The third-order valence-corrected chi connectivity index (χ3v) is 13.4. The van der Waals surface area contributed by atoms with Crippen LogP contribution in [0.2, 0.25) is 0 Å². The summed E-state index contributed by atoms with van der Waals surface area (Å²) < 4.78 is 2.19. The van der Waals surface area contributed by atoms with Crippen molar-refractivity contribution in [3.8, 4) is 40.0 Å². The van der Waals surface area contributed by atoms with Gasteiger partial charge >= 0.3 is 0 Å². The first kappa shape index (κ1) is 25.9. The van der Waals surface area contributed by atoms with Gasteiger partial charge in [0.25, 0.3) is 0 Å². The van der Waals surface area contributed by atoms with Gasteiger partial charge in [-0.1, -0.05) is 97.1 Å². The zero-order valence-corrected chi connectivity index (χ0v) is 26.6. The predicted octanol–water partition coefficient (Wildman–Crippen LogP) is 9.42. The summed E-state index contributed by atoms with van der Waals surface area (Å²) in [6, 6.07) is 41.1. The van der Waals surface area contributed by atoms with Crippen LogP contribution in [-0.4, -0.2) is 24.5 Å². The standard InChI is InChI=1S/C43H33N5/c1-2-10-26(11-3-1)39-45-40(47-41(46-39)48-35-16-8-5-13-30(35)31-14-6-9-17-36(31)48)34-19-18-32-29-12-4-7-15-33(29)43(38(32)44-34)28-21-25-20-27-22-37(43)42(27,23-25)24-28/h1-19,25,27-28,37H,20-24H2. The zero-order chi connectivity index (χ0) is 31.2. The number of nitrogens with zero attached hydrogens (tertiary/aromatic N) is 5. The van der Waals surface area contributed by atoms with E-state index in [4.69, 9.17) is 19.9 Å². The van der Waals surface area contributed by atoms with Crippen molar-refractivity contribution in [3.63, 3.8) is 0 Å². The third-order valence-electron chi connectivity index (χ3n) is 13.4. The molecule has 12 rings (SSSR count). The second kappa shape index (κ2) is 8.84. The highest BCUT2D eigenvalue weighted by Gasteiger charge is 2.77. The summed E-state index contributed by atoms with van der Waals surface area (Å²) in [5.74, 6) is 5.06. The molecule has 0 amide bonds. The number of para-hydroxylation sites is 2. The van der Waals surface area contributed by atoms with Crippen LogP contribution in [0.15, 0.2) is 115 Å². The van der Waals surface area contributed by atoms with E-state index in [-0.39, 0.29) is 5.41 Å². The maximum Gasteiger partial charge on any atom is 0.238 e. The molecular weight excluding hydrogens is 587 g/mol. The number of fused-ring (bicyclic) bond motifs is 12. The lowest BCUT2D eigenvalue weighted by molar-refractivity contribution is -0.0200. The Labute approximate surface area is 278 Å². The summed E-state index contributed by atoms with van der Waals surface area (Å²) in [5.41, 5.74) is 10.0. The van der Waals surface area contributed by atoms with Gasteiger partial charge in [0.05, 0.1) is 16.7 Å². The van der Waals surface area contributed by atoms with Crippen molar-refractivity contribution in [3.05, 3.63) is 127 Å². The smallest absolute Gasteiger partial charge is 0.238 e. The molecule has 2 spiro atoms. The fraction of sp³-hybridized carbons (Fsp3) is 0.256. The minimum atomic E-state index is -0.00143. The normalized spacial score (nSPS) is 28.6. The van der Waals surface area contributed by atoms with Crippen LogP contribution in [0.25, 0.3) is 61.8 Å². The molecule has 0 saturated heterocycles. The lowest BCUT2D eigenvalue weighted by Crippen LogP contribution is -2.50. The van der Waals surface area contributed by atoms with Gasteiger partial charge in [0.15, 0.2) is 11.6 Å². The second-order valence-electron chi connectivity index (χ2n) is 15.2. The van der Waals surface area contributed by atoms with Crippen LogP contribution in [-0.2, 0) is 5.41 Å². The fourth-order valence-electron chi connectivity index (χ4n) is 11.9. The highest BCUT2D eigenvalue weighted by atomic mass is 15.2. The Hall–Kier alpha value is -5.16. The molecule has 7 aromatic rings. The van der Waals surface area contributed by atoms with E-state index in [1.54, 1.807) is 0 Å². The first-order valence-corrected chi connectivity index (χ1v) is 17.6. The molecule has 5 nitrogen and oxygen atoms in total. The number of hydrogen-bond donors (Lipinski definition) is 0. The minimum Gasteiger partial charge on any atom is -0.278 e. The molecule has 5 heteroatoms. The van der Waals surface area contributed by atoms with E-state index in [1.165, 1.54) is 65.3 Å². The summed E-state index contributed by atoms with van der Waals surface area (Å²) in [7, 11) is 0. The molecule has 4 fully saturated rings. The summed E-state index contributed by atoms with van der Waals surface area (Å²) in [6.45, 7) is 0. The molecule has 0 radical (unpaired) electrons. The van der Waals surface area contributed by atoms with E-state index in [1.807, 2.05) is 18.2 Å². The molecule has 230 valence electrons. The van der Waals surface area contributed by atoms with Crippen LogP contribution < -0.4 is 0 Å². The maximum absolute atomic E-state index is 5.71. The summed E-state index contributed by atoms with van der Waals surface area (Å²) in [5, 5.41) is 2.37. The first-order chi connectivity index (χ1) is 23.7. The Bertz CT molecular complexity index is 2450. The Balaban J connectivity index is 1.10. The fourth-order valence-corrected chi connectivity index (χ4v) is 11.9. The van der Waals surface area contributed by atoms with E-state index >= 15 is 0 Å². The topological polar surface area (TPSA) is 56.5 Å². The molecule has 0 aliphatic heterocycles. The Morgan fingerprint density at radius 3 is 2.10 bits per heavy atom. The van der Waals surface area contributed by atoms with E-state index in [2.05, 4.69) is 102 Å². The van der Waals surface area contributed by atoms with Gasteiger partial charge in [-0.3, -0.25) is 4.57 Å². The zero-order valence-electron chi connectivity index (χ0n) is 26.6. The Morgan fingerprint density at radius 2 is 1.27 bits per heavy atom. The number of hydrogen-bond acceptors (Lipinski definition) is 4. The molecule has 3 bridgehead atoms. The first-order valence-electron chi connectivity index (χ1n) is 17.6. The largest absolute Gasteiger partial charge is 0.278 e. The molecule has 48 heavy (non-hydrogen) atoms. The summed E-state index contributed by atoms with van der Waals surface area (Å²) in [4.78, 5) is 21.3. The molecule has 6 unspecified atom stereocenters. The van der Waals surface area contributed by atoms with Crippen LogP contribution in [0.4, 0.5) is 0 Å². The molecule has 5 aliphatic carbocycles. The SMILES string of the molecule is c1ccc(-c2nc(-c3ccc4c(n3)C3(c5ccccc5-4)C4CC5CC6CC3C6(C5)C4)nc(-n3c4ccccc4c4ccccc43)n2)cc1. The van der Waals surface area contributed by atoms with Gasteiger partial charge in [-0.25, -0.2) is 9.97 Å². The molecular formula is C43H33N5. The van der Waals surface area contributed by atoms with Crippen molar-refractivity contribution >= 4 is 21.8 Å². The third kappa shape index (κ3) is 3.01. The highest BCUT2D eigenvalue weighted by Crippen LogP contribution is 2.83. The lowest BCUT2D eigenvalue weighted by atomic mass is 9.50. The van der Waals surface area contributed by atoms with E-state index in [0.717, 1.165) is 34.1 Å². The van der Waals surface area contributed by atoms with Gasteiger partial charge < -0.3 is 0 Å². The van der Waals surface area contributed by atoms with E-state index in [9.17, 15) is 0 Å². The number of aromatic nitrogens is 5. The van der Waals surface area contributed by atoms with Gasteiger partial charge in [0.2, 0.25) is 5.95 Å². The molecule has 3 aromatic heterocycles. The van der Waals surface area contributed by atoms with Crippen molar-refractivity contribution in [2.24, 2.45) is 29.1 Å². The van der Waals surface area contributed by atoms with Gasteiger partial charge in [-0.05, 0) is 90.5 Å². The van der Waals surface area contributed by atoms with Crippen molar-refractivity contribution in [2.45, 2.75) is 37.5 Å². The Kier molecular flexibility index (Phi) is 4.77. The quantitative estimate of drug-likeness (QED) is 0.198. The second-order valence-corrected chi connectivity index (χ2v) is 15.2. The molecule has 4 saturated carbocycles. The summed E-state index contributed by atoms with van der Waals surface area (Å²) >= 11 is 0. The number of rotatable bonds is 3. The van der Waals surface area contributed by atoms with Crippen molar-refractivity contribution < 1.29 is 0 Å². The molecule has 3 heterocycles. The average Bonchev–Trinajstić information content (AvgIpc) is 3.74. The van der Waals surface area contributed by atoms with Gasteiger partial charge in [0.1, 0.15) is 5.69 Å². The van der Waals surface area contributed by atoms with Gasteiger partial charge in [0, 0.05) is 27.3 Å². The van der Waals surface area contributed by atoms with Crippen LogP contribution in [0.5, 0.6) is 0 Å². The van der Waals surface area contributed by atoms with Crippen molar-refractivity contribution in [1.82, 2.24) is 24.5 Å². The molecule has 6 atom stereocenters. The monoisotopic (exact) mass is 619 g/mol. The lowest BCUT2D eigenvalue weighted by Gasteiger charge is -2.54. The highest BCUT2D eigenvalue weighted by molar-refractivity contribution is 6.09. The summed E-state index contributed by atoms with van der Waals surface area (Å²) in [6.07, 6.45) is 6.97. The molecule has 0 N–H and O–H groups in total. The number of benzene rings is 4. The van der Waals surface area contributed by atoms with E-state index in [0.29, 0.717) is 34.8 Å². The van der Waals surface area contributed by atoms with Crippen molar-refractivity contribution in [1.29, 1.82) is 0 Å². The van der Waals surface area contributed by atoms with Gasteiger partial charge in [-0.2, -0.15) is 9.97 Å². The van der Waals surface area contributed by atoms with Gasteiger partial charge in [-0.15, -0.1) is 0 Å². The van der Waals surface area contributed by atoms with Crippen molar-refractivity contribution in [2.75, 3.05) is 0 Å². The van der Waals surface area contributed by atoms with Crippen LogP contribution in [0.1, 0.15) is 43.4 Å². The van der Waals surface area contributed by atoms with Crippen LogP contribution >= 0.6 is 0 Å². The molecule has 4 aromatic carbocycles. The Morgan fingerprint density at radius 1 is 0.562 bits per heavy atom. The predicted molar refractivity (Wildman–Crippen MR) is 189 cm³/mol. The van der Waals surface area contributed by atoms with Crippen LogP contribution in [0.3, 0.4) is 0 Å². The number of pyridine rings is 1. The maximum atomic E-state index is 5.71. The van der Waals surface area contributed by atoms with Crippen LogP contribution in [0, 0.1) is 29.1 Å². The average molecular weight is 620 g/mol. The minimum absolute atomic E-state index is 0.00143.